The Morgan fingerprint density at radius 3 is 2.14 bits per heavy atom. The van der Waals surface area contributed by atoms with E-state index in [4.69, 9.17) is 4.74 Å². The van der Waals surface area contributed by atoms with Gasteiger partial charge in [0.2, 0.25) is 0 Å². The molecule has 0 aromatic carbocycles. The van der Waals surface area contributed by atoms with E-state index in [1.54, 1.807) is 13.3 Å². The Labute approximate surface area is 86.3 Å². The zero-order chi connectivity index (χ0) is 10.8. The Hall–Kier alpha value is -0.890. The van der Waals surface area contributed by atoms with Crippen molar-refractivity contribution in [3.05, 3.63) is 30.1 Å². The molecule has 0 N–H and O–H groups in total. The second kappa shape index (κ2) is 3.70. The molecule has 0 aliphatic rings. The van der Waals surface area contributed by atoms with Crippen molar-refractivity contribution in [1.29, 1.82) is 0 Å². The number of ether oxygens (including phenoxy) is 1. The highest BCUT2D eigenvalue weighted by Gasteiger charge is 2.40. The molecule has 0 aliphatic carbocycles. The number of methoxy groups -OCH3 is 1. The van der Waals surface area contributed by atoms with Crippen LogP contribution in [0.25, 0.3) is 0 Å². The molecular formula is C12H19NO. The molecule has 0 saturated heterocycles. The minimum atomic E-state index is -0.339. The molecule has 14 heavy (non-hydrogen) atoms. The van der Waals surface area contributed by atoms with Gasteiger partial charge in [0.25, 0.3) is 0 Å². The predicted molar refractivity (Wildman–Crippen MR) is 58.1 cm³/mol. The predicted octanol–water partition coefficient (Wildman–Crippen LogP) is 2.99. The van der Waals surface area contributed by atoms with Crippen molar-refractivity contribution >= 4 is 0 Å². The van der Waals surface area contributed by atoms with E-state index in [9.17, 15) is 0 Å². The second-order valence-electron chi connectivity index (χ2n) is 4.70. The van der Waals surface area contributed by atoms with Gasteiger partial charge in [0, 0.05) is 13.3 Å². The fraction of sp³-hybridized carbons (Fsp3) is 0.583. The largest absolute Gasteiger partial charge is 0.372 e. The normalized spacial score (nSPS) is 16.4. The highest BCUT2D eigenvalue weighted by atomic mass is 16.5. The first-order valence-electron chi connectivity index (χ1n) is 4.88. The summed E-state index contributed by atoms with van der Waals surface area (Å²) >= 11 is 0. The molecule has 0 fully saturated rings. The van der Waals surface area contributed by atoms with Crippen LogP contribution in [0.5, 0.6) is 0 Å². The van der Waals surface area contributed by atoms with Crippen LogP contribution in [-0.2, 0) is 10.3 Å². The van der Waals surface area contributed by atoms with Crippen molar-refractivity contribution < 1.29 is 4.74 Å². The molecule has 0 aliphatic heterocycles. The van der Waals surface area contributed by atoms with Crippen LogP contribution in [-0.4, -0.2) is 12.1 Å². The molecule has 1 aromatic heterocycles. The lowest BCUT2D eigenvalue weighted by molar-refractivity contribution is -0.0868. The van der Waals surface area contributed by atoms with E-state index in [2.05, 4.69) is 32.7 Å². The van der Waals surface area contributed by atoms with Crippen molar-refractivity contribution in [3.8, 4) is 0 Å². The van der Waals surface area contributed by atoms with E-state index >= 15 is 0 Å². The highest BCUT2D eigenvalue weighted by molar-refractivity contribution is 5.15. The average molecular weight is 193 g/mol. The first-order chi connectivity index (χ1) is 6.42. The summed E-state index contributed by atoms with van der Waals surface area (Å²) in [4.78, 5) is 4.36. The Kier molecular flexibility index (Phi) is 2.95. The summed E-state index contributed by atoms with van der Waals surface area (Å²) in [6.45, 7) is 8.55. The van der Waals surface area contributed by atoms with Gasteiger partial charge in [-0.15, -0.1) is 0 Å². The van der Waals surface area contributed by atoms with Crippen LogP contribution in [0.1, 0.15) is 33.4 Å². The maximum Gasteiger partial charge on any atom is 0.112 e. The van der Waals surface area contributed by atoms with Crippen molar-refractivity contribution in [3.63, 3.8) is 0 Å². The minimum Gasteiger partial charge on any atom is -0.372 e. The van der Waals surface area contributed by atoms with Gasteiger partial charge in [-0.05, 0) is 24.5 Å². The topological polar surface area (TPSA) is 22.1 Å². The Bertz CT molecular complexity index is 289. The van der Waals surface area contributed by atoms with Crippen LogP contribution in [0.2, 0.25) is 0 Å². The molecule has 2 heteroatoms. The maximum atomic E-state index is 5.63. The van der Waals surface area contributed by atoms with Crippen molar-refractivity contribution in [2.75, 3.05) is 7.11 Å². The van der Waals surface area contributed by atoms with Crippen molar-refractivity contribution in [1.82, 2.24) is 4.98 Å². The third-order valence-electron chi connectivity index (χ3n) is 2.99. The van der Waals surface area contributed by atoms with Gasteiger partial charge >= 0.3 is 0 Å². The SMILES string of the molecule is COC(C)(c1ccccn1)C(C)(C)C. The smallest absolute Gasteiger partial charge is 0.112 e. The molecule has 0 radical (unpaired) electrons. The molecule has 0 spiro atoms. The molecule has 0 amide bonds. The molecular weight excluding hydrogens is 174 g/mol. The van der Waals surface area contributed by atoms with Crippen LogP contribution in [0.3, 0.4) is 0 Å². The van der Waals surface area contributed by atoms with Gasteiger partial charge in [-0.1, -0.05) is 26.8 Å². The molecule has 1 aromatic rings. The second-order valence-corrected chi connectivity index (χ2v) is 4.70. The van der Waals surface area contributed by atoms with E-state index in [0.717, 1.165) is 5.69 Å². The molecule has 0 saturated carbocycles. The molecule has 1 rings (SSSR count). The summed E-state index contributed by atoms with van der Waals surface area (Å²) in [7, 11) is 1.74. The average Bonchev–Trinajstić information content (AvgIpc) is 2.16. The number of nitrogens with zero attached hydrogens (tertiary/aromatic N) is 1. The van der Waals surface area contributed by atoms with Crippen LogP contribution < -0.4 is 0 Å². The van der Waals surface area contributed by atoms with Crippen molar-refractivity contribution in [2.45, 2.75) is 33.3 Å². The van der Waals surface area contributed by atoms with E-state index in [0.29, 0.717) is 0 Å². The quantitative estimate of drug-likeness (QED) is 0.720. The number of hydrogen-bond acceptors (Lipinski definition) is 2. The number of pyridine rings is 1. The highest BCUT2D eigenvalue weighted by Crippen LogP contribution is 2.40. The fourth-order valence-corrected chi connectivity index (χ4v) is 1.44. The van der Waals surface area contributed by atoms with Gasteiger partial charge < -0.3 is 4.74 Å². The molecule has 78 valence electrons. The zero-order valence-electron chi connectivity index (χ0n) is 9.66. The summed E-state index contributed by atoms with van der Waals surface area (Å²) in [5.74, 6) is 0. The van der Waals surface area contributed by atoms with E-state index < -0.39 is 0 Å². The van der Waals surface area contributed by atoms with E-state index in [-0.39, 0.29) is 11.0 Å². The number of hydrogen-bond donors (Lipinski definition) is 0. The number of aromatic nitrogens is 1. The molecule has 1 heterocycles. The van der Waals surface area contributed by atoms with E-state index in [1.807, 2.05) is 18.2 Å². The van der Waals surface area contributed by atoms with Crippen molar-refractivity contribution in [2.24, 2.45) is 5.41 Å². The molecule has 1 atom stereocenters. The Morgan fingerprint density at radius 1 is 1.14 bits per heavy atom. The Balaban J connectivity index is 3.15. The van der Waals surface area contributed by atoms with Crippen LogP contribution in [0, 0.1) is 5.41 Å². The maximum absolute atomic E-state index is 5.63. The van der Waals surface area contributed by atoms with Crippen LogP contribution in [0.15, 0.2) is 24.4 Å². The van der Waals surface area contributed by atoms with Gasteiger partial charge in [-0.2, -0.15) is 0 Å². The monoisotopic (exact) mass is 193 g/mol. The van der Waals surface area contributed by atoms with Crippen LogP contribution in [0.4, 0.5) is 0 Å². The summed E-state index contributed by atoms with van der Waals surface area (Å²) in [5, 5.41) is 0. The zero-order valence-corrected chi connectivity index (χ0v) is 9.66. The van der Waals surface area contributed by atoms with Gasteiger partial charge in [-0.3, -0.25) is 4.98 Å². The third-order valence-corrected chi connectivity index (χ3v) is 2.99. The molecule has 0 bridgehead atoms. The summed E-state index contributed by atoms with van der Waals surface area (Å²) in [5.41, 5.74) is 0.666. The molecule has 2 nitrogen and oxygen atoms in total. The first-order valence-corrected chi connectivity index (χ1v) is 4.88. The molecule has 1 unspecified atom stereocenters. The lowest BCUT2D eigenvalue weighted by atomic mass is 9.75. The first kappa shape index (κ1) is 11.2. The third kappa shape index (κ3) is 1.80. The summed E-state index contributed by atoms with van der Waals surface area (Å²) in [6, 6.07) is 5.92. The standard InChI is InChI=1S/C12H19NO/c1-11(2,3)12(4,14-5)10-8-6-7-9-13-10/h6-9H,1-5H3. The fourth-order valence-electron chi connectivity index (χ4n) is 1.44. The summed E-state index contributed by atoms with van der Waals surface area (Å²) < 4.78 is 5.63. The lowest BCUT2D eigenvalue weighted by Gasteiger charge is -2.40. The number of rotatable bonds is 2. The van der Waals surface area contributed by atoms with Gasteiger partial charge in [0.05, 0.1) is 5.69 Å². The minimum absolute atomic E-state index is 0.0239. The summed E-state index contributed by atoms with van der Waals surface area (Å²) in [6.07, 6.45) is 1.80. The van der Waals surface area contributed by atoms with Crippen LogP contribution >= 0.6 is 0 Å². The Morgan fingerprint density at radius 2 is 1.79 bits per heavy atom. The van der Waals surface area contributed by atoms with Gasteiger partial charge in [0.15, 0.2) is 0 Å². The lowest BCUT2D eigenvalue weighted by Crippen LogP contribution is -2.39. The van der Waals surface area contributed by atoms with Gasteiger partial charge in [0.1, 0.15) is 5.60 Å². The van der Waals surface area contributed by atoms with E-state index in [1.165, 1.54) is 0 Å². The van der Waals surface area contributed by atoms with Gasteiger partial charge in [-0.25, -0.2) is 0 Å².